The highest BCUT2D eigenvalue weighted by Gasteiger charge is 2.10. The molecule has 3 aromatic rings. The standard InChI is InChI=1S/C17H16FN3O3/c1-24-16-9-21-14(7-15(16)22)17(23)19-5-4-10-8-20-13-3-2-11(18)6-12(10)13/h2-3,6-9,20H,4-5H2,1H3,(H,19,23)(H,21,22). The topological polar surface area (TPSA) is 87.0 Å². The molecule has 2 aromatic heterocycles. The van der Waals surface area contributed by atoms with Gasteiger partial charge in [-0.05, 0) is 30.2 Å². The van der Waals surface area contributed by atoms with Gasteiger partial charge < -0.3 is 20.0 Å². The molecule has 1 amide bonds. The zero-order valence-electron chi connectivity index (χ0n) is 13.0. The van der Waals surface area contributed by atoms with E-state index in [-0.39, 0.29) is 28.6 Å². The Hall–Kier alpha value is -3.09. The molecule has 0 radical (unpaired) electrons. The fraction of sp³-hybridized carbons (Fsp3) is 0.176. The molecule has 3 N–H and O–H groups in total. The number of aromatic amines is 2. The van der Waals surface area contributed by atoms with Gasteiger partial charge in [0.1, 0.15) is 11.5 Å². The lowest BCUT2D eigenvalue weighted by molar-refractivity contribution is 0.0949. The van der Waals surface area contributed by atoms with Crippen molar-refractivity contribution in [2.24, 2.45) is 0 Å². The van der Waals surface area contributed by atoms with Crippen LogP contribution in [0, 0.1) is 5.82 Å². The summed E-state index contributed by atoms with van der Waals surface area (Å²) in [5, 5.41) is 3.52. The van der Waals surface area contributed by atoms with Crippen LogP contribution in [-0.4, -0.2) is 29.5 Å². The molecule has 0 unspecified atom stereocenters. The highest BCUT2D eigenvalue weighted by molar-refractivity contribution is 5.92. The summed E-state index contributed by atoms with van der Waals surface area (Å²) in [4.78, 5) is 29.5. The van der Waals surface area contributed by atoms with Crippen molar-refractivity contribution >= 4 is 16.8 Å². The molecule has 1 aromatic carbocycles. The van der Waals surface area contributed by atoms with Gasteiger partial charge in [-0.1, -0.05) is 0 Å². The lowest BCUT2D eigenvalue weighted by atomic mass is 10.1. The van der Waals surface area contributed by atoms with E-state index in [9.17, 15) is 14.0 Å². The largest absolute Gasteiger partial charge is 0.491 e. The lowest BCUT2D eigenvalue weighted by Crippen LogP contribution is -2.27. The van der Waals surface area contributed by atoms with Gasteiger partial charge in [-0.2, -0.15) is 0 Å². The third-order valence-corrected chi connectivity index (χ3v) is 3.75. The first-order valence-electron chi connectivity index (χ1n) is 7.39. The van der Waals surface area contributed by atoms with Crippen molar-refractivity contribution in [3.05, 3.63) is 64.0 Å². The van der Waals surface area contributed by atoms with Crippen molar-refractivity contribution in [3.63, 3.8) is 0 Å². The average Bonchev–Trinajstić information content (AvgIpc) is 2.97. The zero-order valence-corrected chi connectivity index (χ0v) is 13.0. The summed E-state index contributed by atoms with van der Waals surface area (Å²) < 4.78 is 18.2. The number of amides is 1. The van der Waals surface area contributed by atoms with Crippen LogP contribution < -0.4 is 15.5 Å². The van der Waals surface area contributed by atoms with E-state index < -0.39 is 0 Å². The number of methoxy groups -OCH3 is 1. The SMILES string of the molecule is COc1c[nH]c(C(=O)NCCc2c[nH]c3ccc(F)cc23)cc1=O. The molecule has 0 saturated carbocycles. The number of fused-ring (bicyclic) bond motifs is 1. The second kappa shape index (κ2) is 6.57. The maximum atomic E-state index is 13.3. The van der Waals surface area contributed by atoms with Crippen LogP contribution in [0.5, 0.6) is 5.75 Å². The van der Waals surface area contributed by atoms with Gasteiger partial charge in [-0.3, -0.25) is 9.59 Å². The Bertz CT molecular complexity index is 946. The number of pyridine rings is 1. The summed E-state index contributed by atoms with van der Waals surface area (Å²) in [6, 6.07) is 5.72. The molecule has 0 spiro atoms. The molecule has 6 nitrogen and oxygen atoms in total. The number of carbonyl (C=O) groups excluding carboxylic acids is 1. The molecular weight excluding hydrogens is 313 g/mol. The Morgan fingerprint density at radius 1 is 1.25 bits per heavy atom. The van der Waals surface area contributed by atoms with Crippen molar-refractivity contribution < 1.29 is 13.9 Å². The number of H-pyrrole nitrogens is 2. The van der Waals surface area contributed by atoms with Crippen molar-refractivity contribution in [2.75, 3.05) is 13.7 Å². The van der Waals surface area contributed by atoms with E-state index in [1.165, 1.54) is 31.5 Å². The number of carbonyl (C=O) groups is 1. The van der Waals surface area contributed by atoms with Crippen molar-refractivity contribution in [3.8, 4) is 5.75 Å². The maximum Gasteiger partial charge on any atom is 0.267 e. The third-order valence-electron chi connectivity index (χ3n) is 3.75. The van der Waals surface area contributed by atoms with Gasteiger partial charge in [0, 0.05) is 35.9 Å². The third kappa shape index (κ3) is 3.15. The quantitative estimate of drug-likeness (QED) is 0.669. The Morgan fingerprint density at radius 2 is 2.08 bits per heavy atom. The van der Waals surface area contributed by atoms with E-state index in [0.717, 1.165) is 16.5 Å². The molecule has 0 saturated heterocycles. The fourth-order valence-corrected chi connectivity index (χ4v) is 2.51. The number of nitrogens with one attached hydrogen (secondary N) is 3. The second-order valence-electron chi connectivity index (χ2n) is 5.29. The molecule has 24 heavy (non-hydrogen) atoms. The summed E-state index contributed by atoms with van der Waals surface area (Å²) in [5.74, 6) is -0.545. The van der Waals surface area contributed by atoms with Crippen LogP contribution in [0.3, 0.4) is 0 Å². The van der Waals surface area contributed by atoms with Gasteiger partial charge in [0.05, 0.1) is 7.11 Å². The van der Waals surface area contributed by atoms with Gasteiger partial charge >= 0.3 is 0 Å². The lowest BCUT2D eigenvalue weighted by Gasteiger charge is -2.06. The molecule has 0 fully saturated rings. The first-order chi connectivity index (χ1) is 11.6. The normalized spacial score (nSPS) is 10.8. The minimum Gasteiger partial charge on any atom is -0.491 e. The van der Waals surface area contributed by atoms with Crippen molar-refractivity contribution in [1.29, 1.82) is 0 Å². The summed E-state index contributed by atoms with van der Waals surface area (Å²) in [6.07, 6.45) is 3.68. The number of hydrogen-bond donors (Lipinski definition) is 3. The maximum absolute atomic E-state index is 13.3. The zero-order chi connectivity index (χ0) is 17.1. The number of halogens is 1. The number of hydrogen-bond acceptors (Lipinski definition) is 3. The molecule has 0 bridgehead atoms. The Balaban J connectivity index is 1.65. The second-order valence-corrected chi connectivity index (χ2v) is 5.29. The molecule has 7 heteroatoms. The summed E-state index contributed by atoms with van der Waals surface area (Å²) in [7, 11) is 1.38. The highest BCUT2D eigenvalue weighted by atomic mass is 19.1. The van der Waals surface area contributed by atoms with Crippen molar-refractivity contribution in [1.82, 2.24) is 15.3 Å². The van der Waals surface area contributed by atoms with Crippen LogP contribution in [0.1, 0.15) is 16.1 Å². The first kappa shape index (κ1) is 15.8. The Kier molecular flexibility index (Phi) is 4.33. The van der Waals surface area contributed by atoms with Crippen LogP contribution in [0.2, 0.25) is 0 Å². The molecule has 124 valence electrons. The molecule has 0 aliphatic carbocycles. The van der Waals surface area contributed by atoms with Gasteiger partial charge in [0.2, 0.25) is 5.43 Å². The van der Waals surface area contributed by atoms with Gasteiger partial charge in [0.15, 0.2) is 5.75 Å². The van der Waals surface area contributed by atoms with Gasteiger partial charge in [-0.25, -0.2) is 4.39 Å². The number of aromatic nitrogens is 2. The predicted octanol–water partition coefficient (Wildman–Crippen LogP) is 1.98. The first-order valence-corrected chi connectivity index (χ1v) is 7.39. The summed E-state index contributed by atoms with van der Waals surface area (Å²) in [6.45, 7) is 0.357. The summed E-state index contributed by atoms with van der Waals surface area (Å²) >= 11 is 0. The highest BCUT2D eigenvalue weighted by Crippen LogP contribution is 2.19. The minimum absolute atomic E-state index is 0.146. The van der Waals surface area contributed by atoms with E-state index in [2.05, 4.69) is 15.3 Å². The van der Waals surface area contributed by atoms with Crippen LogP contribution in [0.15, 0.2) is 41.5 Å². The molecule has 3 rings (SSSR count). The number of ether oxygens (including phenoxy) is 1. The molecule has 0 aliphatic heterocycles. The van der Waals surface area contributed by atoms with Crippen LogP contribution >= 0.6 is 0 Å². The Labute approximate surface area is 136 Å². The van der Waals surface area contributed by atoms with Crippen molar-refractivity contribution in [2.45, 2.75) is 6.42 Å². The van der Waals surface area contributed by atoms with E-state index in [1.807, 2.05) is 0 Å². The van der Waals surface area contributed by atoms with Gasteiger partial charge in [-0.15, -0.1) is 0 Å². The van der Waals surface area contributed by atoms with Crippen LogP contribution in [-0.2, 0) is 6.42 Å². The van der Waals surface area contributed by atoms with E-state index in [1.54, 1.807) is 12.3 Å². The molecule has 0 aliphatic rings. The Morgan fingerprint density at radius 3 is 2.83 bits per heavy atom. The molecule has 2 heterocycles. The molecular formula is C17H16FN3O3. The molecule has 0 atom stereocenters. The van der Waals surface area contributed by atoms with E-state index in [4.69, 9.17) is 4.74 Å². The number of benzene rings is 1. The predicted molar refractivity (Wildman–Crippen MR) is 87.9 cm³/mol. The minimum atomic E-state index is -0.388. The summed E-state index contributed by atoms with van der Waals surface area (Å²) in [5.41, 5.74) is 1.55. The average molecular weight is 329 g/mol. The monoisotopic (exact) mass is 329 g/mol. The number of rotatable bonds is 5. The smallest absolute Gasteiger partial charge is 0.267 e. The van der Waals surface area contributed by atoms with Crippen LogP contribution in [0.4, 0.5) is 4.39 Å². The van der Waals surface area contributed by atoms with Crippen LogP contribution in [0.25, 0.3) is 10.9 Å². The fourth-order valence-electron chi connectivity index (χ4n) is 2.51. The van der Waals surface area contributed by atoms with Gasteiger partial charge in [0.25, 0.3) is 5.91 Å². The van der Waals surface area contributed by atoms with E-state index in [0.29, 0.717) is 13.0 Å². The van der Waals surface area contributed by atoms with E-state index >= 15 is 0 Å².